The van der Waals surface area contributed by atoms with E-state index < -0.39 is 0 Å². The molecule has 33 heavy (non-hydrogen) atoms. The maximum Gasteiger partial charge on any atom is 0.0930 e. The van der Waals surface area contributed by atoms with Crippen molar-refractivity contribution in [3.05, 3.63) is 81.2 Å². The van der Waals surface area contributed by atoms with Crippen LogP contribution in [0.4, 0.5) is 5.69 Å². The molecule has 5 nitrogen and oxygen atoms in total. The minimum Gasteiger partial charge on any atom is -0.380 e. The van der Waals surface area contributed by atoms with E-state index in [1.165, 1.54) is 27.0 Å². The number of nitrogens with zero attached hydrogens (tertiary/aromatic N) is 3. The molecular formula is C27H31N5S. The third-order valence-corrected chi connectivity index (χ3v) is 7.31. The van der Waals surface area contributed by atoms with Crippen LogP contribution >= 0.6 is 11.3 Å². The number of likely N-dealkylation sites (N-methyl/N-ethyl adjacent to an activating group) is 1. The van der Waals surface area contributed by atoms with Crippen molar-refractivity contribution in [2.75, 3.05) is 38.5 Å². The van der Waals surface area contributed by atoms with E-state index in [1.54, 1.807) is 11.3 Å². The number of H-pyrrole nitrogens is 1. The number of aromatic nitrogens is 2. The molecule has 1 aliphatic heterocycles. The quantitative estimate of drug-likeness (QED) is 0.387. The minimum absolute atomic E-state index is 0.840. The summed E-state index contributed by atoms with van der Waals surface area (Å²) in [7, 11) is 2.20. The first-order valence-electron chi connectivity index (χ1n) is 11.6. The Morgan fingerprint density at radius 2 is 1.94 bits per heavy atom. The molecule has 0 radical (unpaired) electrons. The maximum absolute atomic E-state index is 4.60. The Morgan fingerprint density at radius 3 is 2.76 bits per heavy atom. The molecular weight excluding hydrogens is 426 g/mol. The molecule has 0 saturated carbocycles. The molecule has 4 aromatic rings. The number of rotatable bonds is 7. The van der Waals surface area contributed by atoms with E-state index in [9.17, 15) is 0 Å². The van der Waals surface area contributed by atoms with Gasteiger partial charge in [0, 0.05) is 55.2 Å². The van der Waals surface area contributed by atoms with Gasteiger partial charge in [-0.05, 0) is 60.3 Å². The smallest absolute Gasteiger partial charge is 0.0930 e. The second kappa shape index (κ2) is 9.91. The first-order chi connectivity index (χ1) is 16.2. The van der Waals surface area contributed by atoms with Crippen molar-refractivity contribution >= 4 is 40.1 Å². The Kier molecular flexibility index (Phi) is 6.58. The standard InChI is InChI=1S/C27H31N5S/c1-20-24(28-18-23-7-4-16-33-23)10-11-26-27(20)25(29-30-26)9-8-21-5-3-6-22(17-21)19-32-14-12-31(2)13-15-32/h3-11,16-17,28H,12-15,18-19H2,1-2H3,(H,29,30)/b9-8+. The van der Waals surface area contributed by atoms with Crippen molar-refractivity contribution in [2.45, 2.75) is 20.0 Å². The number of aryl methyl sites for hydroxylation is 1. The molecule has 2 aromatic carbocycles. The lowest BCUT2D eigenvalue weighted by molar-refractivity contribution is 0.148. The second-order valence-corrected chi connectivity index (χ2v) is 9.89. The summed E-state index contributed by atoms with van der Waals surface area (Å²) in [4.78, 5) is 6.27. The van der Waals surface area contributed by atoms with Crippen LogP contribution < -0.4 is 5.32 Å². The van der Waals surface area contributed by atoms with Gasteiger partial charge in [0.2, 0.25) is 0 Å². The van der Waals surface area contributed by atoms with Crippen LogP contribution in [0.15, 0.2) is 53.9 Å². The molecule has 1 saturated heterocycles. The van der Waals surface area contributed by atoms with Gasteiger partial charge in [0.25, 0.3) is 0 Å². The molecule has 3 heterocycles. The van der Waals surface area contributed by atoms with Crippen molar-refractivity contribution in [2.24, 2.45) is 0 Å². The highest BCUT2D eigenvalue weighted by Crippen LogP contribution is 2.28. The fourth-order valence-corrected chi connectivity index (χ4v) is 5.10. The highest BCUT2D eigenvalue weighted by Gasteiger charge is 2.14. The molecule has 0 atom stereocenters. The average Bonchev–Trinajstić information content (AvgIpc) is 3.49. The number of anilines is 1. The molecule has 6 heteroatoms. The van der Waals surface area contributed by atoms with Gasteiger partial charge in [0.1, 0.15) is 0 Å². The molecule has 1 aliphatic rings. The lowest BCUT2D eigenvalue weighted by Gasteiger charge is -2.32. The van der Waals surface area contributed by atoms with Gasteiger partial charge >= 0.3 is 0 Å². The van der Waals surface area contributed by atoms with Crippen LogP contribution in [0.5, 0.6) is 0 Å². The van der Waals surface area contributed by atoms with Gasteiger partial charge in [-0.1, -0.05) is 36.4 Å². The number of nitrogens with one attached hydrogen (secondary N) is 2. The third kappa shape index (κ3) is 5.19. The van der Waals surface area contributed by atoms with Gasteiger partial charge in [-0.3, -0.25) is 10.00 Å². The Bertz CT molecular complexity index is 1230. The van der Waals surface area contributed by atoms with Crippen LogP contribution in [0.25, 0.3) is 23.1 Å². The molecule has 2 aromatic heterocycles. The van der Waals surface area contributed by atoms with Crippen LogP contribution in [0.1, 0.15) is 27.3 Å². The van der Waals surface area contributed by atoms with E-state index >= 15 is 0 Å². The number of aromatic amines is 1. The summed E-state index contributed by atoms with van der Waals surface area (Å²) >= 11 is 1.78. The molecule has 170 valence electrons. The molecule has 0 amide bonds. The average molecular weight is 458 g/mol. The summed E-state index contributed by atoms with van der Waals surface area (Å²) in [5, 5.41) is 14.7. The first-order valence-corrected chi connectivity index (χ1v) is 12.5. The number of benzene rings is 2. The van der Waals surface area contributed by atoms with E-state index in [4.69, 9.17) is 0 Å². The highest BCUT2D eigenvalue weighted by atomic mass is 32.1. The van der Waals surface area contributed by atoms with E-state index in [-0.39, 0.29) is 0 Å². The van der Waals surface area contributed by atoms with Crippen molar-refractivity contribution in [1.29, 1.82) is 0 Å². The summed E-state index contributed by atoms with van der Waals surface area (Å²) in [6, 6.07) is 17.4. The maximum atomic E-state index is 4.60. The van der Waals surface area contributed by atoms with Crippen LogP contribution in [0.2, 0.25) is 0 Å². The summed E-state index contributed by atoms with van der Waals surface area (Å²) in [6.07, 6.45) is 4.30. The van der Waals surface area contributed by atoms with Crippen molar-refractivity contribution in [1.82, 2.24) is 20.0 Å². The predicted octanol–water partition coefficient (Wildman–Crippen LogP) is 5.46. The minimum atomic E-state index is 0.840. The number of piperazine rings is 1. The Balaban J connectivity index is 1.32. The highest BCUT2D eigenvalue weighted by molar-refractivity contribution is 7.09. The Labute approximate surface area is 199 Å². The molecule has 0 spiro atoms. The molecule has 0 aliphatic carbocycles. The number of hydrogen-bond acceptors (Lipinski definition) is 5. The normalized spacial score (nSPS) is 15.6. The van der Waals surface area contributed by atoms with E-state index in [2.05, 4.69) is 105 Å². The zero-order chi connectivity index (χ0) is 22.6. The van der Waals surface area contributed by atoms with Crippen LogP contribution in [-0.4, -0.2) is 53.2 Å². The fraction of sp³-hybridized carbons (Fsp3) is 0.296. The van der Waals surface area contributed by atoms with Crippen molar-refractivity contribution in [3.63, 3.8) is 0 Å². The van der Waals surface area contributed by atoms with Gasteiger partial charge < -0.3 is 10.2 Å². The molecule has 1 fully saturated rings. The monoisotopic (exact) mass is 457 g/mol. The summed E-state index contributed by atoms with van der Waals surface area (Å²) in [5.74, 6) is 0. The number of hydrogen-bond donors (Lipinski definition) is 2. The van der Waals surface area contributed by atoms with Gasteiger partial charge in [0.05, 0.1) is 11.2 Å². The molecule has 0 bridgehead atoms. The van der Waals surface area contributed by atoms with E-state index in [0.717, 1.165) is 56.2 Å². The van der Waals surface area contributed by atoms with Gasteiger partial charge in [0.15, 0.2) is 0 Å². The SMILES string of the molecule is Cc1c(NCc2cccs2)ccc2[nH]nc(/C=C/c3cccc(CN4CCN(C)CC4)c3)c12. The van der Waals surface area contributed by atoms with Crippen molar-refractivity contribution < 1.29 is 0 Å². The van der Waals surface area contributed by atoms with E-state index in [1.807, 2.05) is 0 Å². The summed E-state index contributed by atoms with van der Waals surface area (Å²) < 4.78 is 0. The van der Waals surface area contributed by atoms with Crippen molar-refractivity contribution in [3.8, 4) is 0 Å². The predicted molar refractivity (Wildman–Crippen MR) is 141 cm³/mol. The first kappa shape index (κ1) is 21.9. The van der Waals surface area contributed by atoms with Crippen LogP contribution in [-0.2, 0) is 13.1 Å². The largest absolute Gasteiger partial charge is 0.380 e. The van der Waals surface area contributed by atoms with Crippen LogP contribution in [0.3, 0.4) is 0 Å². The fourth-order valence-electron chi connectivity index (χ4n) is 4.45. The lowest BCUT2D eigenvalue weighted by atomic mass is 10.0. The Hall–Kier alpha value is -2.93. The lowest BCUT2D eigenvalue weighted by Crippen LogP contribution is -2.43. The molecule has 5 rings (SSSR count). The van der Waals surface area contributed by atoms with Gasteiger partial charge in [-0.15, -0.1) is 11.3 Å². The zero-order valence-electron chi connectivity index (χ0n) is 19.3. The second-order valence-electron chi connectivity index (χ2n) is 8.86. The number of thiophene rings is 1. The van der Waals surface area contributed by atoms with Crippen LogP contribution in [0, 0.1) is 6.92 Å². The molecule has 2 N–H and O–H groups in total. The number of fused-ring (bicyclic) bond motifs is 1. The van der Waals surface area contributed by atoms with Gasteiger partial charge in [-0.2, -0.15) is 5.10 Å². The molecule has 0 unspecified atom stereocenters. The Morgan fingerprint density at radius 1 is 1.06 bits per heavy atom. The van der Waals surface area contributed by atoms with E-state index in [0.29, 0.717) is 0 Å². The third-order valence-electron chi connectivity index (χ3n) is 6.44. The topological polar surface area (TPSA) is 47.2 Å². The summed E-state index contributed by atoms with van der Waals surface area (Å²) in [6.45, 7) is 8.59. The zero-order valence-corrected chi connectivity index (χ0v) is 20.2. The van der Waals surface area contributed by atoms with Gasteiger partial charge in [-0.25, -0.2) is 0 Å². The summed E-state index contributed by atoms with van der Waals surface area (Å²) in [5.41, 5.74) is 7.00.